The van der Waals surface area contributed by atoms with Crippen LogP contribution in [0.3, 0.4) is 0 Å². The van der Waals surface area contributed by atoms with Crippen molar-refractivity contribution < 1.29 is 43.6 Å². The summed E-state index contributed by atoms with van der Waals surface area (Å²) in [6.45, 7) is 3.39. The van der Waals surface area contributed by atoms with Crippen LogP contribution >= 0.6 is 0 Å². The van der Waals surface area contributed by atoms with Crippen LogP contribution in [0.2, 0.25) is 0 Å². The lowest BCUT2D eigenvalue weighted by molar-refractivity contribution is -0.0549. The van der Waals surface area contributed by atoms with E-state index in [1.807, 2.05) is 13.8 Å². The van der Waals surface area contributed by atoms with Gasteiger partial charge in [-0.05, 0) is 30.2 Å². The summed E-state index contributed by atoms with van der Waals surface area (Å²) in [4.78, 5) is 24.3. The summed E-state index contributed by atoms with van der Waals surface area (Å²) in [5.41, 5.74) is 6.46. The zero-order valence-electron chi connectivity index (χ0n) is 21.3. The molecule has 2 unspecified atom stereocenters. The zero-order chi connectivity index (χ0) is 28.3. The first-order valence-electron chi connectivity index (χ1n) is 12.2. The van der Waals surface area contributed by atoms with E-state index in [1.165, 1.54) is 16.7 Å². The molecule has 4 rings (SSSR count). The van der Waals surface area contributed by atoms with Crippen molar-refractivity contribution in [3.63, 3.8) is 0 Å². The molecule has 39 heavy (non-hydrogen) atoms. The molecular formula is C24H31N5O9S. The molecule has 3 aromatic rings. The first-order chi connectivity index (χ1) is 18.6. The summed E-state index contributed by atoms with van der Waals surface area (Å²) >= 11 is 0. The number of carbonyl (C=O) groups is 1. The second-order valence-electron chi connectivity index (χ2n) is 9.42. The van der Waals surface area contributed by atoms with Crippen LogP contribution in [0.4, 0.5) is 5.82 Å². The van der Waals surface area contributed by atoms with E-state index in [9.17, 15) is 29.4 Å². The standard InChI is InChI=1S/C24H31N5O9S/c1-12(2)8-37-23(34)13-3-5-15(6-4-13)36-9-14(31)10-39(35)24-28-17-20(25)26-11-27-21(17)29(24)22-19(33)18(32)16(7-30)38-22/h3-6,11-12,14,16,18-19,22,30-33H,7-10H2,1-2H3,(H2,25,26,27)/t14?,16-,18-,19-,22-,39?/m1/s1. The monoisotopic (exact) mass is 565 g/mol. The largest absolute Gasteiger partial charge is 0.491 e. The predicted octanol–water partition coefficient (Wildman–Crippen LogP) is -0.620. The van der Waals surface area contributed by atoms with Crippen LogP contribution in [-0.4, -0.2) is 100 Å². The lowest BCUT2D eigenvalue weighted by Gasteiger charge is -2.19. The van der Waals surface area contributed by atoms with Gasteiger partial charge in [0.2, 0.25) is 5.16 Å². The summed E-state index contributed by atoms with van der Waals surface area (Å²) < 4.78 is 30.9. The van der Waals surface area contributed by atoms with E-state index in [1.54, 1.807) is 12.1 Å². The normalized spacial score (nSPS) is 22.7. The number of imidazole rings is 1. The van der Waals surface area contributed by atoms with Gasteiger partial charge < -0.3 is 40.4 Å². The Morgan fingerprint density at radius 3 is 2.54 bits per heavy atom. The van der Waals surface area contributed by atoms with Crippen molar-refractivity contribution in [3.8, 4) is 5.75 Å². The van der Waals surface area contributed by atoms with E-state index in [-0.39, 0.29) is 40.4 Å². The molecular weight excluding hydrogens is 534 g/mol. The van der Waals surface area contributed by atoms with Crippen LogP contribution in [0.15, 0.2) is 35.7 Å². The van der Waals surface area contributed by atoms with E-state index >= 15 is 0 Å². The molecule has 0 amide bonds. The minimum absolute atomic E-state index is 0.0100. The molecule has 0 spiro atoms. The Kier molecular flexibility index (Phi) is 9.09. The fourth-order valence-corrected chi connectivity index (χ4v) is 5.09. The van der Waals surface area contributed by atoms with Gasteiger partial charge in [-0.25, -0.2) is 19.7 Å². The smallest absolute Gasteiger partial charge is 0.338 e. The number of aliphatic hydroxyl groups is 4. The summed E-state index contributed by atoms with van der Waals surface area (Å²) in [7, 11) is -1.97. The number of benzene rings is 1. The molecule has 1 fully saturated rings. The van der Waals surface area contributed by atoms with E-state index in [4.69, 9.17) is 19.9 Å². The van der Waals surface area contributed by atoms with Crippen molar-refractivity contribution in [2.75, 3.05) is 31.3 Å². The average molecular weight is 566 g/mol. The third-order valence-corrected chi connectivity index (χ3v) is 7.25. The van der Waals surface area contributed by atoms with E-state index in [0.717, 1.165) is 6.33 Å². The minimum Gasteiger partial charge on any atom is -0.491 e. The fraction of sp³-hybridized carbons (Fsp3) is 0.500. The van der Waals surface area contributed by atoms with Gasteiger partial charge in [-0.2, -0.15) is 0 Å². The van der Waals surface area contributed by atoms with Crippen molar-refractivity contribution in [1.29, 1.82) is 0 Å². The number of carbonyl (C=O) groups excluding carboxylic acids is 1. The summed E-state index contributed by atoms with van der Waals surface area (Å²) in [5.74, 6) is -0.185. The number of ether oxygens (including phenoxy) is 3. The van der Waals surface area contributed by atoms with Crippen LogP contribution in [0, 0.1) is 5.92 Å². The molecule has 1 aliphatic heterocycles. The number of nitrogen functional groups attached to an aromatic ring is 1. The maximum Gasteiger partial charge on any atom is 0.338 e. The molecule has 15 heteroatoms. The Morgan fingerprint density at radius 2 is 1.90 bits per heavy atom. The number of hydrogen-bond donors (Lipinski definition) is 5. The first kappa shape index (κ1) is 28.8. The lowest BCUT2D eigenvalue weighted by Crippen LogP contribution is -2.33. The Morgan fingerprint density at radius 1 is 1.18 bits per heavy atom. The number of hydrogen-bond acceptors (Lipinski definition) is 13. The van der Waals surface area contributed by atoms with Crippen LogP contribution in [-0.2, 0) is 20.3 Å². The van der Waals surface area contributed by atoms with E-state index < -0.39 is 54.0 Å². The third-order valence-electron chi connectivity index (χ3n) is 5.87. The number of nitrogens with two attached hydrogens (primary N) is 1. The molecule has 1 saturated heterocycles. The SMILES string of the molecule is CC(C)COC(=O)c1ccc(OCC(O)CS(=O)c2nc3c(N)ncnc3n2[C@@H]2O[C@H](CO)[C@@H](O)[C@H]2O)cc1. The summed E-state index contributed by atoms with van der Waals surface area (Å²) in [6, 6.07) is 6.19. The van der Waals surface area contributed by atoms with Crippen molar-refractivity contribution >= 4 is 33.8 Å². The zero-order valence-corrected chi connectivity index (χ0v) is 22.1. The third kappa shape index (κ3) is 6.34. The molecule has 0 aliphatic carbocycles. The second kappa shape index (κ2) is 12.3. The molecule has 212 valence electrons. The quantitative estimate of drug-likeness (QED) is 0.184. The van der Waals surface area contributed by atoms with Gasteiger partial charge in [0.05, 0.1) is 41.4 Å². The Bertz CT molecular complexity index is 1320. The highest BCUT2D eigenvalue weighted by Gasteiger charge is 2.45. The number of nitrogens with zero attached hydrogens (tertiary/aromatic N) is 4. The fourth-order valence-electron chi connectivity index (χ4n) is 3.89. The lowest BCUT2D eigenvalue weighted by atomic mass is 10.1. The Balaban J connectivity index is 1.45. The van der Waals surface area contributed by atoms with Crippen molar-refractivity contribution in [2.45, 2.75) is 49.6 Å². The number of aromatic nitrogens is 4. The maximum absolute atomic E-state index is 13.3. The van der Waals surface area contributed by atoms with Gasteiger partial charge >= 0.3 is 5.97 Å². The number of esters is 1. The van der Waals surface area contributed by atoms with Crippen LogP contribution in [0.25, 0.3) is 11.2 Å². The van der Waals surface area contributed by atoms with Gasteiger partial charge in [0.1, 0.15) is 37.0 Å². The summed E-state index contributed by atoms with van der Waals surface area (Å²) in [6.07, 6.45) is -5.34. The minimum atomic E-state index is -1.97. The predicted molar refractivity (Wildman–Crippen MR) is 137 cm³/mol. The van der Waals surface area contributed by atoms with Crippen molar-refractivity contribution in [2.24, 2.45) is 5.92 Å². The van der Waals surface area contributed by atoms with Crippen LogP contribution < -0.4 is 10.5 Å². The number of rotatable bonds is 11. The van der Waals surface area contributed by atoms with Crippen molar-refractivity contribution in [1.82, 2.24) is 19.5 Å². The first-order valence-corrected chi connectivity index (χ1v) is 13.5. The maximum atomic E-state index is 13.3. The molecule has 1 aliphatic rings. The second-order valence-corrected chi connectivity index (χ2v) is 10.8. The number of fused-ring (bicyclic) bond motifs is 1. The molecule has 0 saturated carbocycles. The van der Waals surface area contributed by atoms with Gasteiger partial charge in [0.15, 0.2) is 23.2 Å². The Labute approximate surface area is 225 Å². The molecule has 0 bridgehead atoms. The number of anilines is 1. The van der Waals surface area contributed by atoms with Gasteiger partial charge in [-0.1, -0.05) is 13.8 Å². The summed E-state index contributed by atoms with van der Waals surface area (Å²) in [5, 5.41) is 40.6. The molecule has 3 heterocycles. The average Bonchev–Trinajstić information content (AvgIpc) is 3.44. The van der Waals surface area contributed by atoms with Gasteiger partial charge in [-0.3, -0.25) is 8.78 Å². The van der Waals surface area contributed by atoms with Crippen molar-refractivity contribution in [3.05, 3.63) is 36.2 Å². The van der Waals surface area contributed by atoms with Crippen LogP contribution in [0.5, 0.6) is 5.75 Å². The molecule has 6 atom stereocenters. The van der Waals surface area contributed by atoms with Gasteiger partial charge in [0, 0.05) is 0 Å². The molecule has 6 N–H and O–H groups in total. The van der Waals surface area contributed by atoms with E-state index in [0.29, 0.717) is 17.9 Å². The highest BCUT2D eigenvalue weighted by molar-refractivity contribution is 7.84. The Hall–Kier alpha value is -3.21. The molecule has 2 aromatic heterocycles. The van der Waals surface area contributed by atoms with Crippen LogP contribution in [0.1, 0.15) is 30.4 Å². The molecule has 14 nitrogen and oxygen atoms in total. The van der Waals surface area contributed by atoms with Gasteiger partial charge in [-0.15, -0.1) is 0 Å². The van der Waals surface area contributed by atoms with Gasteiger partial charge in [0.25, 0.3) is 0 Å². The number of aliphatic hydroxyl groups excluding tert-OH is 4. The molecule has 0 radical (unpaired) electrons. The topological polar surface area (TPSA) is 212 Å². The molecule has 1 aromatic carbocycles. The highest BCUT2D eigenvalue weighted by atomic mass is 32.2. The highest BCUT2D eigenvalue weighted by Crippen LogP contribution is 2.34. The van der Waals surface area contributed by atoms with E-state index in [2.05, 4.69) is 15.0 Å².